The van der Waals surface area contributed by atoms with E-state index in [4.69, 9.17) is 11.6 Å². The summed E-state index contributed by atoms with van der Waals surface area (Å²) < 4.78 is 25.6. The quantitative estimate of drug-likeness (QED) is 0.743. The van der Waals surface area contributed by atoms with Crippen LogP contribution in [0.15, 0.2) is 0 Å². The molecular weight excluding hydrogens is 258 g/mol. The van der Waals surface area contributed by atoms with Crippen LogP contribution in [0.3, 0.4) is 0 Å². The number of alkyl halides is 1. The molecule has 0 aliphatic carbocycles. The molecule has 0 atom stereocenters. The maximum absolute atomic E-state index is 12.0. The first-order chi connectivity index (χ1) is 7.77. The van der Waals surface area contributed by atoms with E-state index in [0.717, 1.165) is 12.8 Å². The molecule has 0 amide bonds. The van der Waals surface area contributed by atoms with Crippen molar-refractivity contribution in [3.8, 4) is 0 Å². The number of piperidine rings is 1. The second kappa shape index (κ2) is 5.89. The number of hydrogen-bond donors (Lipinski definition) is 0. The molecule has 102 valence electrons. The van der Waals surface area contributed by atoms with Crippen LogP contribution in [0.4, 0.5) is 0 Å². The second-order valence-corrected chi connectivity index (χ2v) is 8.36. The Balaban J connectivity index is 2.52. The van der Waals surface area contributed by atoms with E-state index >= 15 is 0 Å². The average molecular weight is 282 g/mol. The summed E-state index contributed by atoms with van der Waals surface area (Å²) >= 11 is 5.55. The number of sulfonamides is 1. The lowest BCUT2D eigenvalue weighted by Crippen LogP contribution is -2.42. The van der Waals surface area contributed by atoms with E-state index in [1.165, 1.54) is 0 Å². The Bertz CT molecular complexity index is 327. The van der Waals surface area contributed by atoms with Crippen molar-refractivity contribution in [3.63, 3.8) is 0 Å². The van der Waals surface area contributed by atoms with Crippen molar-refractivity contribution in [2.75, 3.05) is 24.7 Å². The molecule has 0 aromatic rings. The van der Waals surface area contributed by atoms with E-state index in [9.17, 15) is 8.42 Å². The van der Waals surface area contributed by atoms with Gasteiger partial charge >= 0.3 is 0 Å². The zero-order chi connectivity index (χ0) is 13.1. The van der Waals surface area contributed by atoms with Gasteiger partial charge in [-0.1, -0.05) is 20.8 Å². The molecule has 3 nitrogen and oxygen atoms in total. The van der Waals surface area contributed by atoms with Crippen molar-refractivity contribution in [1.29, 1.82) is 0 Å². The van der Waals surface area contributed by atoms with Crippen molar-refractivity contribution in [2.24, 2.45) is 11.3 Å². The predicted octanol–water partition coefficient (Wildman–Crippen LogP) is 2.70. The first-order valence-electron chi connectivity index (χ1n) is 6.31. The first-order valence-corrected chi connectivity index (χ1v) is 8.45. The van der Waals surface area contributed by atoms with Gasteiger partial charge in [-0.05, 0) is 30.6 Å². The Morgan fingerprint density at radius 1 is 1.24 bits per heavy atom. The second-order valence-electron chi connectivity index (χ2n) is 5.90. The van der Waals surface area contributed by atoms with Gasteiger partial charge in [-0.2, -0.15) is 0 Å². The Morgan fingerprint density at radius 2 is 1.76 bits per heavy atom. The van der Waals surface area contributed by atoms with E-state index in [1.807, 2.05) is 0 Å². The lowest BCUT2D eigenvalue weighted by atomic mass is 9.76. The Kier molecular flexibility index (Phi) is 5.29. The van der Waals surface area contributed by atoms with Gasteiger partial charge in [0.2, 0.25) is 10.0 Å². The van der Waals surface area contributed by atoms with Gasteiger partial charge in [0.05, 0.1) is 5.75 Å². The minimum atomic E-state index is -3.07. The summed E-state index contributed by atoms with van der Waals surface area (Å²) in [5.41, 5.74) is 0.284. The molecule has 1 heterocycles. The summed E-state index contributed by atoms with van der Waals surface area (Å²) in [6, 6.07) is 0. The minimum Gasteiger partial charge on any atom is -0.212 e. The fourth-order valence-corrected chi connectivity index (χ4v) is 4.19. The molecule has 1 rings (SSSR count). The zero-order valence-corrected chi connectivity index (χ0v) is 12.6. The molecule has 1 aliphatic heterocycles. The fraction of sp³-hybridized carbons (Fsp3) is 1.00. The Hall–Kier alpha value is 0.200. The molecule has 0 unspecified atom stereocenters. The highest BCUT2D eigenvalue weighted by atomic mass is 35.5. The summed E-state index contributed by atoms with van der Waals surface area (Å²) in [7, 11) is -3.07. The monoisotopic (exact) mass is 281 g/mol. The standard InChI is InChI=1S/C12H24ClNO2S/c1-12(2,3)11-5-8-14(9-6-11)17(15,16)10-4-7-13/h11H,4-10H2,1-3H3. The van der Waals surface area contributed by atoms with Crippen molar-refractivity contribution in [1.82, 2.24) is 4.31 Å². The number of rotatable bonds is 4. The molecule has 0 radical (unpaired) electrons. The summed E-state index contributed by atoms with van der Waals surface area (Å²) in [5, 5.41) is 0. The maximum Gasteiger partial charge on any atom is 0.214 e. The number of hydrogen-bond acceptors (Lipinski definition) is 2. The topological polar surface area (TPSA) is 37.4 Å². The normalized spacial score (nSPS) is 20.7. The summed E-state index contributed by atoms with van der Waals surface area (Å²) in [4.78, 5) is 0. The molecule has 1 fully saturated rings. The maximum atomic E-state index is 12.0. The molecule has 0 aromatic heterocycles. The number of nitrogens with zero attached hydrogens (tertiary/aromatic N) is 1. The fourth-order valence-electron chi connectivity index (χ4n) is 2.37. The van der Waals surface area contributed by atoms with Crippen molar-refractivity contribution >= 4 is 21.6 Å². The van der Waals surface area contributed by atoms with Gasteiger partial charge < -0.3 is 0 Å². The first kappa shape index (κ1) is 15.3. The molecular formula is C12H24ClNO2S. The molecule has 5 heteroatoms. The average Bonchev–Trinajstić information content (AvgIpc) is 2.25. The van der Waals surface area contributed by atoms with Crippen LogP contribution < -0.4 is 0 Å². The minimum absolute atomic E-state index is 0.191. The molecule has 1 aliphatic rings. The van der Waals surface area contributed by atoms with Gasteiger partial charge in [0.25, 0.3) is 0 Å². The predicted molar refractivity (Wildman–Crippen MR) is 72.9 cm³/mol. The van der Waals surface area contributed by atoms with Crippen LogP contribution in [0.2, 0.25) is 0 Å². The number of halogens is 1. The lowest BCUT2D eigenvalue weighted by Gasteiger charge is -2.38. The molecule has 0 spiro atoms. The molecule has 0 N–H and O–H groups in total. The molecule has 17 heavy (non-hydrogen) atoms. The van der Waals surface area contributed by atoms with E-state index < -0.39 is 10.0 Å². The summed E-state index contributed by atoms with van der Waals surface area (Å²) in [6.07, 6.45) is 2.50. The SMILES string of the molecule is CC(C)(C)C1CCN(S(=O)(=O)CCCCl)CC1. The van der Waals surface area contributed by atoms with Gasteiger partial charge in [-0.15, -0.1) is 11.6 Å². The Morgan fingerprint density at radius 3 is 2.18 bits per heavy atom. The van der Waals surface area contributed by atoms with Crippen molar-refractivity contribution in [3.05, 3.63) is 0 Å². The summed E-state index contributed by atoms with van der Waals surface area (Å²) in [5.74, 6) is 1.23. The molecule has 0 bridgehead atoms. The largest absolute Gasteiger partial charge is 0.214 e. The third kappa shape index (κ3) is 4.42. The van der Waals surface area contributed by atoms with Crippen LogP contribution in [0, 0.1) is 11.3 Å². The van der Waals surface area contributed by atoms with Crippen LogP contribution in [0.5, 0.6) is 0 Å². The van der Waals surface area contributed by atoms with Crippen LogP contribution in [0.1, 0.15) is 40.0 Å². The van der Waals surface area contributed by atoms with Crippen LogP contribution in [0.25, 0.3) is 0 Å². The van der Waals surface area contributed by atoms with Crippen LogP contribution in [-0.4, -0.2) is 37.4 Å². The van der Waals surface area contributed by atoms with E-state index in [2.05, 4.69) is 20.8 Å². The van der Waals surface area contributed by atoms with E-state index in [1.54, 1.807) is 4.31 Å². The van der Waals surface area contributed by atoms with Crippen LogP contribution in [-0.2, 0) is 10.0 Å². The van der Waals surface area contributed by atoms with E-state index in [-0.39, 0.29) is 11.2 Å². The highest BCUT2D eigenvalue weighted by molar-refractivity contribution is 7.89. The molecule has 0 aromatic carbocycles. The van der Waals surface area contributed by atoms with Crippen LogP contribution >= 0.6 is 11.6 Å². The third-order valence-electron chi connectivity index (χ3n) is 3.61. The molecule has 1 saturated heterocycles. The van der Waals surface area contributed by atoms with Gasteiger partial charge in [0.15, 0.2) is 0 Å². The zero-order valence-electron chi connectivity index (χ0n) is 11.1. The van der Waals surface area contributed by atoms with Crippen molar-refractivity contribution in [2.45, 2.75) is 40.0 Å². The molecule has 0 saturated carbocycles. The Labute approximate surface area is 111 Å². The third-order valence-corrected chi connectivity index (χ3v) is 5.83. The smallest absolute Gasteiger partial charge is 0.212 e. The highest BCUT2D eigenvalue weighted by Crippen LogP contribution is 2.34. The van der Waals surface area contributed by atoms with Crippen molar-refractivity contribution < 1.29 is 8.42 Å². The lowest BCUT2D eigenvalue weighted by molar-refractivity contribution is 0.154. The van der Waals surface area contributed by atoms with Gasteiger partial charge in [0, 0.05) is 19.0 Å². The summed E-state index contributed by atoms with van der Waals surface area (Å²) in [6.45, 7) is 8.04. The van der Waals surface area contributed by atoms with Gasteiger partial charge in [0.1, 0.15) is 0 Å². The van der Waals surface area contributed by atoms with E-state index in [0.29, 0.717) is 31.3 Å². The highest BCUT2D eigenvalue weighted by Gasteiger charge is 2.32. The van der Waals surface area contributed by atoms with Gasteiger partial charge in [-0.3, -0.25) is 0 Å². The van der Waals surface area contributed by atoms with Gasteiger partial charge in [-0.25, -0.2) is 12.7 Å².